The molecule has 126 heavy (non-hydrogen) atoms. The third-order valence-corrected chi connectivity index (χ3v) is 18.7. The maximum Gasteiger partial charge on any atom is 1.00 e. The first-order chi connectivity index (χ1) is 59.3. The Morgan fingerprint density at radius 3 is 0.913 bits per heavy atom. The minimum absolute atomic E-state index is 0. The van der Waals surface area contributed by atoms with Crippen LogP contribution in [-0.4, -0.2) is 203 Å². The van der Waals surface area contributed by atoms with E-state index in [1.54, 1.807) is 115 Å². The van der Waals surface area contributed by atoms with E-state index in [0.717, 1.165) is 25.8 Å². The molecule has 0 saturated heterocycles. The van der Waals surface area contributed by atoms with Gasteiger partial charge in [0.05, 0.1) is 51.1 Å². The van der Waals surface area contributed by atoms with Crippen LogP contribution in [0.15, 0.2) is 218 Å². The molecule has 0 aliphatic carbocycles. The van der Waals surface area contributed by atoms with Crippen molar-refractivity contribution in [3.63, 3.8) is 0 Å². The monoisotopic (exact) mass is 1870 g/mol. The summed E-state index contributed by atoms with van der Waals surface area (Å²) in [5.41, 5.74) is 55.8. The molecule has 0 saturated carbocycles. The predicted molar refractivity (Wildman–Crippen MR) is 454 cm³/mol. The zero-order valence-corrected chi connectivity index (χ0v) is 71.0. The van der Waals surface area contributed by atoms with Crippen LogP contribution in [0.4, 0.5) is 17.6 Å². The van der Waals surface area contributed by atoms with Crippen molar-refractivity contribution >= 4 is 106 Å². The molecule has 11 rings (SSSR count). The van der Waals surface area contributed by atoms with Crippen LogP contribution < -0.4 is 52.5 Å². The molecule has 10 atom stereocenters. The number of carbonyl (C=O) groups is 14. The normalized spacial score (nSPS) is 14.4. The van der Waals surface area contributed by atoms with Gasteiger partial charge in [-0.1, -0.05) is 187 Å². The number of nitrogens with zero attached hydrogens (tertiary/aromatic N) is 10. The van der Waals surface area contributed by atoms with Crippen molar-refractivity contribution in [2.45, 2.75) is 127 Å². The second-order valence-electron chi connectivity index (χ2n) is 26.2. The van der Waals surface area contributed by atoms with Crippen LogP contribution >= 0.6 is 22.6 Å². The number of benzene rings is 7. The average molecular weight is 1870 g/mol. The third kappa shape index (κ3) is 31.6. The van der Waals surface area contributed by atoms with Crippen LogP contribution in [0, 0.1) is 11.1 Å². The van der Waals surface area contributed by atoms with Crippen LogP contribution in [0.3, 0.4) is 0 Å². The fourth-order valence-corrected chi connectivity index (χ4v) is 12.0. The van der Waals surface area contributed by atoms with Gasteiger partial charge in [0.2, 0.25) is 0 Å². The Hall–Kier alpha value is -13.1. The van der Waals surface area contributed by atoms with Crippen LogP contribution in [0.2, 0.25) is 0 Å². The van der Waals surface area contributed by atoms with Crippen molar-refractivity contribution in [1.29, 1.82) is 11.1 Å². The molecule has 0 radical (unpaired) electrons. The Balaban J connectivity index is 0.000000779. The maximum absolute atomic E-state index is 14.3. The van der Waals surface area contributed by atoms with Crippen molar-refractivity contribution in [3.05, 3.63) is 301 Å². The van der Waals surface area contributed by atoms with Crippen molar-refractivity contribution in [1.82, 2.24) is 19.6 Å². The van der Waals surface area contributed by atoms with Gasteiger partial charge >= 0.3 is 65.4 Å². The van der Waals surface area contributed by atoms with Gasteiger partial charge in [-0.25, -0.2) is 47.8 Å². The van der Waals surface area contributed by atoms with Crippen LogP contribution in [0.25, 0.3) is 26.4 Å². The number of azide groups is 1. The molecule has 7 aromatic carbocycles. The minimum Gasteiger partial charge on any atom is -0.480 e. The number of hydrogen-bond acceptors (Lipinski definition) is 24. The molecule has 4 aliphatic rings. The number of carboxylic acids is 3. The van der Waals surface area contributed by atoms with Crippen LogP contribution in [-0.2, 0) is 62.8 Å². The summed E-state index contributed by atoms with van der Waals surface area (Å²) in [6.07, 6.45) is -4.09. The van der Waals surface area contributed by atoms with Gasteiger partial charge < -0.3 is 63.5 Å². The number of halogens is 5. The summed E-state index contributed by atoms with van der Waals surface area (Å²) in [4.78, 5) is 176. The summed E-state index contributed by atoms with van der Waals surface area (Å²) in [6.45, 7) is 5.86. The number of amides is 8. The van der Waals surface area contributed by atoms with E-state index in [2.05, 4.69) is 23.2 Å². The Bertz CT molecular complexity index is 4880. The van der Waals surface area contributed by atoms with E-state index in [0.29, 0.717) is 28.0 Å². The number of ether oxygens (including phenoxy) is 3. The minimum atomic E-state index is -1.73. The Morgan fingerprint density at radius 1 is 0.421 bits per heavy atom. The number of aliphatic carboxylic acids is 3. The molecule has 13 N–H and O–H groups in total. The van der Waals surface area contributed by atoms with E-state index in [-0.39, 0.29) is 128 Å². The number of fused-ring (bicyclic) bond motifs is 4. The average Bonchev–Trinajstić information content (AvgIpc) is 1.64. The largest absolute Gasteiger partial charge is 1.00 e. The van der Waals surface area contributed by atoms with Gasteiger partial charge in [0.15, 0.2) is 0 Å². The van der Waals surface area contributed by atoms with E-state index < -0.39 is 163 Å². The van der Waals surface area contributed by atoms with E-state index in [9.17, 15) is 84.7 Å². The summed E-state index contributed by atoms with van der Waals surface area (Å²) in [6, 6.07) is 44.7. The van der Waals surface area contributed by atoms with E-state index in [1.807, 2.05) is 59.0 Å². The number of rotatable bonds is 33. The Morgan fingerprint density at radius 2 is 0.667 bits per heavy atom. The Kier molecular flexibility index (Phi) is 49.0. The molecule has 0 bridgehead atoms. The first-order valence-corrected chi connectivity index (χ1v) is 38.5. The van der Waals surface area contributed by atoms with Gasteiger partial charge in [-0.2, -0.15) is 0 Å². The van der Waals surface area contributed by atoms with Crippen LogP contribution in [0.1, 0.15) is 147 Å². The number of nitrogens with two attached hydrogens (primary N) is 4. The maximum atomic E-state index is 14.3. The topological polar surface area (TPSA) is 600 Å². The van der Waals surface area contributed by atoms with Gasteiger partial charge in [0.1, 0.15) is 80.8 Å². The summed E-state index contributed by atoms with van der Waals surface area (Å²) in [5.74, 6) is -10.9. The molecule has 0 aromatic heterocycles. The molecule has 8 amide bonds. The summed E-state index contributed by atoms with van der Waals surface area (Å²) >= 11 is 1.86. The molecule has 42 heteroatoms. The zero-order chi connectivity index (χ0) is 92.3. The van der Waals surface area contributed by atoms with Crippen molar-refractivity contribution in [2.75, 3.05) is 24.1 Å². The van der Waals surface area contributed by atoms with Crippen molar-refractivity contribution < 1.29 is 145 Å². The molecule has 0 spiro atoms. The molecule has 7 aromatic rings. The fraction of sp³-hybridized carbons (Fsp3) is 0.286. The fourth-order valence-electron chi connectivity index (χ4n) is 11.7. The molecule has 4 unspecified atom stereocenters. The smallest absolute Gasteiger partial charge is 0.480 e. The molecule has 4 aliphatic heterocycles. The zero-order valence-electron chi connectivity index (χ0n) is 66.9. The quantitative estimate of drug-likeness (QED) is 0.00158. The van der Waals surface area contributed by atoms with Crippen LogP contribution in [0.5, 0.6) is 0 Å². The number of hydrogen-bond donors (Lipinski definition) is 9. The van der Waals surface area contributed by atoms with Crippen molar-refractivity contribution in [3.8, 4) is 0 Å². The summed E-state index contributed by atoms with van der Waals surface area (Å²) < 4.78 is 70.0. The molecule has 0 fully saturated rings. The van der Waals surface area contributed by atoms with Gasteiger partial charge in [0, 0.05) is 49.5 Å². The standard InChI is InChI=1S/C20H17FINO4.C20H17FN4O4.C20H17NO4.C13H13FN2O4.C5H11FN2O2.C5H9NO2.CH4.N3.H2N2.Na.H2/c21-14(11-22)10-17(20(26)27-12-13-6-2-1-3-7-13)23-18(24)15-8-4-5-9-16(15)19(23)25;21-14(11-23-24-22)10-17(20(28)29-12-13-6-2-1-3-7-13)25-18(26)15-8-4-5-9-16(15)19(25)27;1-2-8-17(20(24)25-13-14-9-4-3-5-10-14)21-18(22)15-11-6-7-12-16(15)19(21)23;14-7(6-15)5-10(13(19)20)16-11(17)8-3-1-2-4-9(8)12(16)18;6-3(2-7)1-4(8)5(9)10;1-2-3-4(6)5(7)8;;1-3-2;1-2;;/h1-9,14,17H,10-12H2;1-9,14,17H,10-12H2;2-7,9-12,17H,1,8,13H2;1-4,7,10H,5-6,15H2,(H,19,20);3-4H,1-2,7-8H2,(H,9,10);2,4H,1,3,6H2,(H,7,8);1H4;;1-2H;;1H/q;;;;;;;-1;;+1;/t2*14?,17-;17-;7?,10-;3?,4-;4-;;;;;/m000000...../s1. The van der Waals surface area contributed by atoms with Gasteiger partial charge in [-0.05, 0) is 83.6 Å². The second-order valence-corrected chi connectivity index (χ2v) is 27.1. The van der Waals surface area contributed by atoms with Crippen molar-refractivity contribution in [2.24, 2.45) is 28.0 Å². The number of esters is 3. The van der Waals surface area contributed by atoms with Gasteiger partial charge in [-0.15, -0.1) is 13.2 Å². The number of imide groups is 4. The predicted octanol–water partition coefficient (Wildman–Crippen LogP) is 8.79. The van der Waals surface area contributed by atoms with Gasteiger partial charge in [-0.3, -0.25) is 72.5 Å². The molecule has 36 nitrogen and oxygen atoms in total. The molecule has 664 valence electrons. The number of nitrogens with one attached hydrogen (secondary N) is 2. The number of alkyl halides is 5. The number of carbonyl (C=O) groups excluding carboxylic acids is 11. The van der Waals surface area contributed by atoms with E-state index >= 15 is 0 Å². The third-order valence-electron chi connectivity index (χ3n) is 17.7. The molecule has 4 heterocycles. The SMILES string of the molecule is C.C=CC[C@@H](C(=O)OCc1ccccc1)N1C(=O)c2ccccc2C1=O.C=CC[C@H](N)C(=O)O.N=N.NCC(F)C[C@@H](C(=O)O)N1C(=O)c2ccccc2C1=O.NCC(F)C[C@H](N)C(=O)O.O=C(OCc1ccccc1)[C@H](CC(F)CI)N1C(=O)c2ccccc2C1=O.[HH].[N-]=[N+]=NCC(F)C[C@@H](C(=O)OCc1ccccc1)N1C(=O)c2ccccc2C1=O.[N-]=[N+]=[N-].[Na+]. The summed E-state index contributed by atoms with van der Waals surface area (Å²) in [5, 5.41) is 28.6. The number of carboxylic acid groups (broad SMARTS) is 3. The van der Waals surface area contributed by atoms with E-state index in [4.69, 9.17) is 80.1 Å². The molecular weight excluding hydrogens is 1780 g/mol. The molecular formula is C84H92F4IN16NaO20. The van der Waals surface area contributed by atoms with E-state index in [1.165, 1.54) is 53.5 Å². The first kappa shape index (κ1) is 109. The second kappa shape index (κ2) is 56.6. The summed E-state index contributed by atoms with van der Waals surface area (Å²) in [7, 11) is 0. The first-order valence-electron chi connectivity index (χ1n) is 37.0. The van der Waals surface area contributed by atoms with Gasteiger partial charge in [0.25, 0.3) is 47.3 Å². The Labute approximate surface area is 756 Å².